The normalized spacial score (nSPS) is 23.5. The maximum atomic E-state index is 14.0. The van der Waals surface area contributed by atoms with Gasteiger partial charge in [-0.15, -0.1) is 13.2 Å². The molecule has 1 heterocycles. The first-order valence-corrected chi connectivity index (χ1v) is 13.2. The van der Waals surface area contributed by atoms with Gasteiger partial charge in [0.15, 0.2) is 0 Å². The fourth-order valence-corrected chi connectivity index (χ4v) is 6.38. The maximum Gasteiger partial charge on any atom is 0.573 e. The molecule has 2 aromatic rings. The number of carboxylic acids is 1. The lowest BCUT2D eigenvalue weighted by Crippen LogP contribution is -2.53. The van der Waals surface area contributed by atoms with E-state index in [0.717, 1.165) is 37.0 Å². The molecular weight excluding hydrogens is 513 g/mol. The van der Waals surface area contributed by atoms with Crippen LogP contribution in [0, 0.1) is 11.3 Å². The average Bonchev–Trinajstić information content (AvgIpc) is 3.63. The minimum Gasteiger partial charge on any atom is -0.481 e. The topological polar surface area (TPSA) is 87.2 Å². The van der Waals surface area contributed by atoms with Gasteiger partial charge in [-0.1, -0.05) is 32.0 Å². The van der Waals surface area contributed by atoms with Gasteiger partial charge in [-0.3, -0.25) is 14.4 Å². The lowest BCUT2D eigenvalue weighted by atomic mass is 9.80. The molecular formula is C29H31F3N2O5. The number of halogens is 3. The molecule has 2 amide bonds. The number of benzene rings is 2. The van der Waals surface area contributed by atoms with E-state index >= 15 is 0 Å². The van der Waals surface area contributed by atoms with Gasteiger partial charge < -0.3 is 19.6 Å². The highest BCUT2D eigenvalue weighted by Crippen LogP contribution is 2.57. The van der Waals surface area contributed by atoms with Crippen molar-refractivity contribution in [2.75, 3.05) is 4.90 Å². The van der Waals surface area contributed by atoms with Crippen molar-refractivity contribution >= 4 is 23.5 Å². The number of ether oxygens (including phenoxy) is 1. The molecule has 3 atom stereocenters. The number of fused-ring (bicyclic) bond motifs is 2. The van der Waals surface area contributed by atoms with E-state index in [0.29, 0.717) is 12.1 Å². The summed E-state index contributed by atoms with van der Waals surface area (Å²) >= 11 is 0. The molecule has 1 N–H and O–H groups in total. The molecule has 1 aliphatic heterocycles. The summed E-state index contributed by atoms with van der Waals surface area (Å²) in [6.45, 7) is 4.26. The third-order valence-electron chi connectivity index (χ3n) is 7.93. The van der Waals surface area contributed by atoms with Crippen LogP contribution in [0.5, 0.6) is 5.75 Å². The standard InChI is InChI=1S/C29H31F3N2O5/c1-28(2)15-21-23(16-28)34(27(38)17-7-11-19(12-8-17)39-29(30,31)32)22-6-4-3-5-20(22)26(21)33(18-9-10-18)24(35)13-14-25(36)37/h3-8,11-12,18,21,23,26H,9-10,13-16H2,1-2H3,(H,36,37)/t21-,23+,26-/m0/s1. The Kier molecular flexibility index (Phi) is 6.84. The van der Waals surface area contributed by atoms with Gasteiger partial charge in [0.05, 0.1) is 12.5 Å². The van der Waals surface area contributed by atoms with Crippen molar-refractivity contribution < 1.29 is 37.4 Å². The fraction of sp³-hybridized carbons (Fsp3) is 0.483. The Morgan fingerprint density at radius 3 is 2.31 bits per heavy atom. The molecule has 3 aliphatic rings. The summed E-state index contributed by atoms with van der Waals surface area (Å²) in [6.07, 6.45) is -2.00. The minimum absolute atomic E-state index is 0.0390. The molecule has 0 bridgehead atoms. The Hall–Kier alpha value is -3.56. The molecule has 2 aromatic carbocycles. The zero-order valence-corrected chi connectivity index (χ0v) is 21.8. The number of rotatable bonds is 7. The van der Waals surface area contributed by atoms with E-state index < -0.39 is 18.1 Å². The predicted molar refractivity (Wildman–Crippen MR) is 136 cm³/mol. The largest absolute Gasteiger partial charge is 0.573 e. The summed E-state index contributed by atoms with van der Waals surface area (Å²) < 4.78 is 41.9. The van der Waals surface area contributed by atoms with Crippen LogP contribution in [0.3, 0.4) is 0 Å². The van der Waals surface area contributed by atoms with E-state index in [1.807, 2.05) is 29.2 Å². The maximum absolute atomic E-state index is 14.0. The molecule has 0 aromatic heterocycles. The monoisotopic (exact) mass is 544 g/mol. The van der Waals surface area contributed by atoms with Crippen LogP contribution in [-0.2, 0) is 9.59 Å². The number of carboxylic acid groups (broad SMARTS) is 1. The minimum atomic E-state index is -4.83. The highest BCUT2D eigenvalue weighted by molar-refractivity contribution is 6.07. The first-order chi connectivity index (χ1) is 18.3. The molecule has 2 saturated carbocycles. The molecule has 5 rings (SSSR count). The number of amides is 2. The summed E-state index contributed by atoms with van der Waals surface area (Å²) in [4.78, 5) is 42.3. The summed E-state index contributed by atoms with van der Waals surface area (Å²) in [6, 6.07) is 11.9. The Bertz CT molecular complexity index is 1270. The number of aliphatic carboxylic acids is 1. The van der Waals surface area contributed by atoms with Gasteiger partial charge >= 0.3 is 12.3 Å². The fourth-order valence-electron chi connectivity index (χ4n) is 6.38. The number of anilines is 1. The van der Waals surface area contributed by atoms with Gasteiger partial charge in [-0.05, 0) is 67.0 Å². The number of para-hydroxylation sites is 1. The molecule has 208 valence electrons. The SMILES string of the molecule is CC1(C)C[C@H]2[C@@H](C1)N(C(=O)c1ccc(OC(F)(F)F)cc1)c1ccccc1[C@@H]2N(C(=O)CCC(=O)O)C1CC1. The van der Waals surface area contributed by atoms with Gasteiger partial charge in [-0.25, -0.2) is 0 Å². The number of nitrogens with zero attached hydrogens (tertiary/aromatic N) is 2. The Morgan fingerprint density at radius 2 is 1.69 bits per heavy atom. The van der Waals surface area contributed by atoms with Crippen LogP contribution < -0.4 is 9.64 Å². The Labute approximate surface area is 224 Å². The van der Waals surface area contributed by atoms with Crippen molar-refractivity contribution in [2.45, 2.75) is 76.9 Å². The van der Waals surface area contributed by atoms with E-state index in [1.54, 1.807) is 4.90 Å². The molecule has 0 spiro atoms. The smallest absolute Gasteiger partial charge is 0.481 e. The average molecular weight is 545 g/mol. The first kappa shape index (κ1) is 27.0. The van der Waals surface area contributed by atoms with E-state index in [1.165, 1.54) is 12.1 Å². The van der Waals surface area contributed by atoms with Crippen molar-refractivity contribution in [1.29, 1.82) is 0 Å². The van der Waals surface area contributed by atoms with Crippen LogP contribution in [-0.4, -0.2) is 46.2 Å². The quantitative estimate of drug-likeness (QED) is 0.466. The molecule has 0 radical (unpaired) electrons. The van der Waals surface area contributed by atoms with Crippen LogP contribution in [0.1, 0.15) is 74.3 Å². The van der Waals surface area contributed by atoms with Crippen LogP contribution in [0.25, 0.3) is 0 Å². The second-order valence-corrected chi connectivity index (χ2v) is 11.5. The van der Waals surface area contributed by atoms with Crippen molar-refractivity contribution in [3.8, 4) is 5.75 Å². The van der Waals surface area contributed by atoms with Crippen molar-refractivity contribution in [2.24, 2.45) is 11.3 Å². The summed E-state index contributed by atoms with van der Waals surface area (Å²) in [5, 5.41) is 9.18. The first-order valence-electron chi connectivity index (χ1n) is 13.2. The third-order valence-corrected chi connectivity index (χ3v) is 7.93. The van der Waals surface area contributed by atoms with E-state index in [4.69, 9.17) is 0 Å². The molecule has 0 saturated heterocycles. The summed E-state index contributed by atoms with van der Waals surface area (Å²) in [7, 11) is 0. The van der Waals surface area contributed by atoms with Crippen LogP contribution >= 0.6 is 0 Å². The van der Waals surface area contributed by atoms with Crippen LogP contribution in [0.15, 0.2) is 48.5 Å². The van der Waals surface area contributed by atoms with E-state index in [-0.39, 0.29) is 59.7 Å². The zero-order chi connectivity index (χ0) is 28.1. The molecule has 39 heavy (non-hydrogen) atoms. The van der Waals surface area contributed by atoms with E-state index in [9.17, 15) is 32.7 Å². The predicted octanol–water partition coefficient (Wildman–Crippen LogP) is 5.95. The number of carbonyl (C=O) groups is 3. The Morgan fingerprint density at radius 1 is 1.03 bits per heavy atom. The molecule has 7 nitrogen and oxygen atoms in total. The van der Waals surface area contributed by atoms with Gasteiger partial charge in [0, 0.05) is 35.7 Å². The van der Waals surface area contributed by atoms with Gasteiger partial charge in [0.25, 0.3) is 5.91 Å². The number of carbonyl (C=O) groups excluding carboxylic acids is 2. The van der Waals surface area contributed by atoms with Crippen molar-refractivity contribution in [3.63, 3.8) is 0 Å². The number of hydrogen-bond acceptors (Lipinski definition) is 4. The Balaban J connectivity index is 1.54. The van der Waals surface area contributed by atoms with Crippen molar-refractivity contribution in [3.05, 3.63) is 59.7 Å². The molecule has 10 heteroatoms. The third kappa shape index (κ3) is 5.60. The zero-order valence-electron chi connectivity index (χ0n) is 21.8. The second kappa shape index (κ2) is 9.88. The summed E-state index contributed by atoms with van der Waals surface area (Å²) in [5.41, 5.74) is 1.60. The van der Waals surface area contributed by atoms with Crippen LogP contribution in [0.2, 0.25) is 0 Å². The van der Waals surface area contributed by atoms with Crippen molar-refractivity contribution in [1.82, 2.24) is 4.90 Å². The number of hydrogen-bond donors (Lipinski definition) is 1. The summed E-state index contributed by atoms with van der Waals surface area (Å²) in [5.74, 6) is -2.03. The highest BCUT2D eigenvalue weighted by atomic mass is 19.4. The molecule has 0 unspecified atom stereocenters. The van der Waals surface area contributed by atoms with Crippen LogP contribution in [0.4, 0.5) is 18.9 Å². The molecule has 2 aliphatic carbocycles. The van der Waals surface area contributed by atoms with Gasteiger partial charge in [0.2, 0.25) is 5.91 Å². The van der Waals surface area contributed by atoms with E-state index in [2.05, 4.69) is 18.6 Å². The van der Waals surface area contributed by atoms with Gasteiger partial charge in [0.1, 0.15) is 5.75 Å². The highest BCUT2D eigenvalue weighted by Gasteiger charge is 2.55. The van der Waals surface area contributed by atoms with Gasteiger partial charge in [-0.2, -0.15) is 0 Å². The second-order valence-electron chi connectivity index (χ2n) is 11.5. The lowest BCUT2D eigenvalue weighted by Gasteiger charge is -2.47. The lowest BCUT2D eigenvalue weighted by molar-refractivity contribution is -0.274. The number of alkyl halides is 3. The molecule has 2 fully saturated rings.